The summed E-state index contributed by atoms with van der Waals surface area (Å²) in [6, 6.07) is 19.9. The van der Waals surface area contributed by atoms with Crippen molar-refractivity contribution in [1.82, 2.24) is 0 Å². The molecule has 0 aliphatic rings. The molecule has 2 aromatic rings. The highest BCUT2D eigenvalue weighted by Gasteiger charge is 2.53. The van der Waals surface area contributed by atoms with Gasteiger partial charge in [-0.05, 0) is 98.6 Å². The summed E-state index contributed by atoms with van der Waals surface area (Å²) in [4.78, 5) is 24.7. The molecule has 2 rings (SSSR count). The number of hydrogen-bond donors (Lipinski definition) is 1. The van der Waals surface area contributed by atoms with E-state index in [1.165, 1.54) is 0 Å². The third-order valence-corrected chi connectivity index (χ3v) is 9.22. The molecule has 0 saturated heterocycles. The summed E-state index contributed by atoms with van der Waals surface area (Å²) in [5, 5.41) is 28.1. The number of aliphatic carboxylic acids is 1. The second-order valence-electron chi connectivity index (χ2n) is 13.6. The molecular weight excluding hydrogens is 540 g/mol. The maximum Gasteiger partial charge on any atom is 0.312 e. The molecule has 0 spiro atoms. The van der Waals surface area contributed by atoms with Gasteiger partial charge in [-0.2, -0.15) is 10.5 Å². The van der Waals surface area contributed by atoms with Crippen molar-refractivity contribution in [2.45, 2.75) is 93.4 Å². The fourth-order valence-electron chi connectivity index (χ4n) is 5.18. The summed E-state index contributed by atoms with van der Waals surface area (Å²) in [6.07, 6.45) is 4.03. The molecule has 0 radical (unpaired) electrons. The summed E-state index contributed by atoms with van der Waals surface area (Å²) in [7, 11) is 0. The molecule has 0 heterocycles. The fraction of sp³-hybridized carbons (Fsp3) is 0.556. The number of carboxylic acid groups (broad SMARTS) is 1. The minimum absolute atomic E-state index is 0.0959. The standard InChI is InChI=1S/C36H48N2O5/c1-33(2,3)36(7,25-34(4,5)35(6,26-38)21-20-31(39)40)32(41)43-23-11-9-8-10-22-42-30-18-16-29(17-19-30)28-14-12-27(24-37)13-15-28/h12-19H,8-11,20-23,25H2,1-7H3,(H,39,40). The van der Waals surface area contributed by atoms with Gasteiger partial charge in [-0.25, -0.2) is 0 Å². The lowest BCUT2D eigenvalue weighted by molar-refractivity contribution is -0.167. The molecule has 43 heavy (non-hydrogen) atoms. The van der Waals surface area contributed by atoms with Crippen LogP contribution in [0.4, 0.5) is 0 Å². The van der Waals surface area contributed by atoms with Crippen LogP contribution in [0.25, 0.3) is 11.1 Å². The summed E-state index contributed by atoms with van der Waals surface area (Å²) in [6.45, 7) is 14.5. The number of rotatable bonds is 16. The Morgan fingerprint density at radius 1 is 0.791 bits per heavy atom. The molecule has 2 aromatic carbocycles. The summed E-state index contributed by atoms with van der Waals surface area (Å²) in [5.41, 5.74) is -0.0667. The van der Waals surface area contributed by atoms with Crippen LogP contribution in [0.3, 0.4) is 0 Å². The quantitative estimate of drug-likeness (QED) is 0.154. The molecular formula is C36H48N2O5. The highest BCUT2D eigenvalue weighted by atomic mass is 16.5. The van der Waals surface area contributed by atoms with E-state index >= 15 is 0 Å². The molecule has 0 bridgehead atoms. The molecule has 0 aromatic heterocycles. The topological polar surface area (TPSA) is 120 Å². The average molecular weight is 589 g/mol. The van der Waals surface area contributed by atoms with Gasteiger partial charge < -0.3 is 14.6 Å². The molecule has 0 aliphatic carbocycles. The van der Waals surface area contributed by atoms with Crippen molar-refractivity contribution in [2.75, 3.05) is 13.2 Å². The zero-order valence-corrected chi connectivity index (χ0v) is 27.0. The van der Waals surface area contributed by atoms with Crippen molar-refractivity contribution in [1.29, 1.82) is 10.5 Å². The summed E-state index contributed by atoms with van der Waals surface area (Å²) >= 11 is 0. The van der Waals surface area contributed by atoms with Gasteiger partial charge in [0.05, 0.1) is 41.7 Å². The van der Waals surface area contributed by atoms with Gasteiger partial charge in [-0.1, -0.05) is 58.9 Å². The van der Waals surface area contributed by atoms with Crippen molar-refractivity contribution in [3.05, 3.63) is 54.1 Å². The van der Waals surface area contributed by atoms with E-state index in [-0.39, 0.29) is 18.8 Å². The van der Waals surface area contributed by atoms with Crippen LogP contribution >= 0.6 is 0 Å². The number of carboxylic acids is 1. The lowest BCUT2D eigenvalue weighted by atomic mass is 9.54. The highest BCUT2D eigenvalue weighted by Crippen LogP contribution is 2.54. The predicted molar refractivity (Wildman–Crippen MR) is 168 cm³/mol. The zero-order chi connectivity index (χ0) is 32.3. The van der Waals surface area contributed by atoms with Gasteiger partial charge in [0.1, 0.15) is 5.75 Å². The first-order valence-corrected chi connectivity index (χ1v) is 15.1. The Kier molecular flexibility index (Phi) is 12.4. The Bertz CT molecular complexity index is 1300. The van der Waals surface area contributed by atoms with Gasteiger partial charge >= 0.3 is 11.9 Å². The zero-order valence-electron chi connectivity index (χ0n) is 27.0. The second kappa shape index (κ2) is 15.1. The van der Waals surface area contributed by atoms with Crippen LogP contribution in [-0.4, -0.2) is 30.3 Å². The van der Waals surface area contributed by atoms with Crippen LogP contribution < -0.4 is 4.74 Å². The number of ether oxygens (including phenoxy) is 2. The first-order chi connectivity index (χ1) is 20.1. The Hall–Kier alpha value is -3.84. The van der Waals surface area contributed by atoms with E-state index in [4.69, 9.17) is 14.7 Å². The van der Waals surface area contributed by atoms with Crippen LogP contribution in [0.1, 0.15) is 99.0 Å². The first kappa shape index (κ1) is 35.4. The number of esters is 1. The smallest absolute Gasteiger partial charge is 0.312 e. The van der Waals surface area contributed by atoms with Crippen molar-refractivity contribution >= 4 is 11.9 Å². The summed E-state index contributed by atoms with van der Waals surface area (Å²) in [5.74, 6) is -0.401. The number of benzene rings is 2. The molecule has 0 aliphatic heterocycles. The first-order valence-electron chi connectivity index (χ1n) is 15.1. The van der Waals surface area contributed by atoms with Gasteiger partial charge in [-0.15, -0.1) is 0 Å². The Morgan fingerprint density at radius 3 is 1.81 bits per heavy atom. The molecule has 2 unspecified atom stereocenters. The molecule has 7 heteroatoms. The Labute approximate surface area is 257 Å². The van der Waals surface area contributed by atoms with Crippen LogP contribution in [0, 0.1) is 44.3 Å². The predicted octanol–water partition coefficient (Wildman–Crippen LogP) is 8.57. The van der Waals surface area contributed by atoms with E-state index in [2.05, 4.69) is 12.1 Å². The Balaban J connectivity index is 1.80. The maximum atomic E-state index is 13.5. The molecule has 2 atom stereocenters. The summed E-state index contributed by atoms with van der Waals surface area (Å²) < 4.78 is 11.7. The lowest BCUT2D eigenvalue weighted by Crippen LogP contribution is -2.48. The van der Waals surface area contributed by atoms with Gasteiger partial charge in [0.2, 0.25) is 0 Å². The minimum Gasteiger partial charge on any atom is -0.494 e. The van der Waals surface area contributed by atoms with E-state index in [0.29, 0.717) is 25.2 Å². The molecule has 7 nitrogen and oxygen atoms in total. The van der Waals surface area contributed by atoms with Gasteiger partial charge in [-0.3, -0.25) is 9.59 Å². The highest BCUT2D eigenvalue weighted by molar-refractivity contribution is 5.77. The molecule has 0 amide bonds. The normalized spacial score (nSPS) is 14.4. The third-order valence-electron chi connectivity index (χ3n) is 9.22. The van der Waals surface area contributed by atoms with E-state index in [1.54, 1.807) is 6.92 Å². The average Bonchev–Trinajstić information content (AvgIpc) is 2.96. The Morgan fingerprint density at radius 2 is 1.33 bits per heavy atom. The second-order valence-corrected chi connectivity index (χ2v) is 13.6. The van der Waals surface area contributed by atoms with Crippen LogP contribution in [-0.2, 0) is 14.3 Å². The van der Waals surface area contributed by atoms with Crippen molar-refractivity contribution in [2.24, 2.45) is 21.7 Å². The molecule has 1 N–H and O–H groups in total. The van der Waals surface area contributed by atoms with Crippen LogP contribution in [0.5, 0.6) is 5.75 Å². The van der Waals surface area contributed by atoms with E-state index in [9.17, 15) is 20.0 Å². The van der Waals surface area contributed by atoms with Crippen molar-refractivity contribution in [3.63, 3.8) is 0 Å². The molecule has 232 valence electrons. The molecule has 0 fully saturated rings. The molecule has 0 saturated carbocycles. The van der Waals surface area contributed by atoms with Crippen molar-refractivity contribution < 1.29 is 24.2 Å². The third kappa shape index (κ3) is 9.58. The van der Waals surface area contributed by atoms with Gasteiger partial charge in [0.15, 0.2) is 0 Å². The van der Waals surface area contributed by atoms with Crippen LogP contribution in [0.2, 0.25) is 0 Å². The largest absolute Gasteiger partial charge is 0.494 e. The number of carbonyl (C=O) groups is 2. The fourth-order valence-corrected chi connectivity index (χ4v) is 5.18. The lowest BCUT2D eigenvalue weighted by Gasteiger charge is -2.48. The van der Waals surface area contributed by atoms with E-state index < -0.39 is 27.6 Å². The SMILES string of the molecule is CC(C)(C)C(C)(CC(C)(C)C(C)(C#N)CCC(=O)O)C(=O)OCCCCCCOc1ccc(-c2ccc(C#N)cc2)cc1. The number of nitrogens with zero attached hydrogens (tertiary/aromatic N) is 2. The number of nitriles is 2. The van der Waals surface area contributed by atoms with Crippen molar-refractivity contribution in [3.8, 4) is 29.0 Å². The monoisotopic (exact) mass is 588 g/mol. The minimum atomic E-state index is -0.934. The van der Waals surface area contributed by atoms with E-state index in [1.807, 2.05) is 90.1 Å². The van der Waals surface area contributed by atoms with Gasteiger partial charge in [0.25, 0.3) is 0 Å². The van der Waals surface area contributed by atoms with Gasteiger partial charge in [0, 0.05) is 6.42 Å². The number of hydrogen-bond acceptors (Lipinski definition) is 6. The van der Waals surface area contributed by atoms with Crippen LogP contribution in [0.15, 0.2) is 48.5 Å². The van der Waals surface area contributed by atoms with E-state index in [0.717, 1.165) is 42.6 Å². The number of unbranched alkanes of at least 4 members (excludes halogenated alkanes) is 3. The number of carbonyl (C=O) groups excluding carboxylic acids is 1. The maximum absolute atomic E-state index is 13.5.